The molecule has 0 unspecified atom stereocenters. The minimum absolute atomic E-state index is 0.118. The van der Waals surface area contributed by atoms with Crippen LogP contribution in [-0.2, 0) is 14.8 Å². The molecule has 0 saturated carbocycles. The standard InChI is InChI=1S/C14H19FN2O3S/c1-2-3-8-20-9-4-7-17-21(18,19)13-5-6-14(15)12(10-13)11-16/h5-6,10,17H,2-4,7-9H2,1H3. The molecule has 0 radical (unpaired) electrons. The molecule has 1 rings (SSSR count). The SMILES string of the molecule is CCCCOCCCNS(=O)(=O)c1ccc(F)c(C#N)c1. The molecule has 1 N–H and O–H groups in total. The first-order valence-corrected chi connectivity index (χ1v) is 8.26. The Bertz CT molecular complexity index is 597. The smallest absolute Gasteiger partial charge is 0.240 e. The fourth-order valence-corrected chi connectivity index (χ4v) is 2.67. The Kier molecular flexibility index (Phi) is 7.29. The second-order valence-corrected chi connectivity index (χ2v) is 6.24. The minimum Gasteiger partial charge on any atom is -0.381 e. The van der Waals surface area contributed by atoms with E-state index in [0.29, 0.717) is 19.6 Å². The summed E-state index contributed by atoms with van der Waals surface area (Å²) in [4.78, 5) is -0.118. The number of nitrogens with one attached hydrogen (secondary N) is 1. The van der Waals surface area contributed by atoms with E-state index in [1.54, 1.807) is 6.07 Å². The van der Waals surface area contributed by atoms with Gasteiger partial charge in [-0.15, -0.1) is 0 Å². The molecule has 0 atom stereocenters. The van der Waals surface area contributed by atoms with E-state index < -0.39 is 15.8 Å². The van der Waals surface area contributed by atoms with Gasteiger partial charge in [0, 0.05) is 19.8 Å². The Balaban J connectivity index is 2.49. The van der Waals surface area contributed by atoms with E-state index in [4.69, 9.17) is 10.00 Å². The van der Waals surface area contributed by atoms with Crippen LogP contribution >= 0.6 is 0 Å². The molecule has 0 aliphatic rings. The lowest BCUT2D eigenvalue weighted by molar-refractivity contribution is 0.130. The van der Waals surface area contributed by atoms with Gasteiger partial charge in [-0.2, -0.15) is 5.26 Å². The third-order valence-corrected chi connectivity index (χ3v) is 4.23. The van der Waals surface area contributed by atoms with Crippen LogP contribution in [0.3, 0.4) is 0 Å². The molecule has 7 heteroatoms. The molecule has 0 bridgehead atoms. The predicted molar refractivity (Wildman–Crippen MR) is 76.6 cm³/mol. The lowest BCUT2D eigenvalue weighted by atomic mass is 10.2. The fourth-order valence-electron chi connectivity index (χ4n) is 1.57. The lowest BCUT2D eigenvalue weighted by Crippen LogP contribution is -2.25. The molecular formula is C14H19FN2O3S. The average molecular weight is 314 g/mol. The minimum atomic E-state index is -3.73. The number of hydrogen-bond acceptors (Lipinski definition) is 4. The van der Waals surface area contributed by atoms with Gasteiger partial charge in [-0.1, -0.05) is 13.3 Å². The van der Waals surface area contributed by atoms with Gasteiger partial charge >= 0.3 is 0 Å². The number of sulfonamides is 1. The highest BCUT2D eigenvalue weighted by molar-refractivity contribution is 7.89. The van der Waals surface area contributed by atoms with E-state index in [2.05, 4.69) is 11.6 Å². The Morgan fingerprint density at radius 1 is 1.33 bits per heavy atom. The van der Waals surface area contributed by atoms with Crippen molar-refractivity contribution >= 4 is 10.0 Å². The summed E-state index contributed by atoms with van der Waals surface area (Å²) in [7, 11) is -3.73. The van der Waals surface area contributed by atoms with Crippen molar-refractivity contribution in [2.24, 2.45) is 0 Å². The molecule has 21 heavy (non-hydrogen) atoms. The Morgan fingerprint density at radius 3 is 2.71 bits per heavy atom. The number of ether oxygens (including phenoxy) is 1. The molecule has 0 heterocycles. The van der Waals surface area contributed by atoms with E-state index >= 15 is 0 Å². The topological polar surface area (TPSA) is 79.2 Å². The molecule has 1 aromatic carbocycles. The van der Waals surface area contributed by atoms with E-state index in [9.17, 15) is 12.8 Å². The normalized spacial score (nSPS) is 11.3. The van der Waals surface area contributed by atoms with Gasteiger partial charge in [0.25, 0.3) is 0 Å². The summed E-state index contributed by atoms with van der Waals surface area (Å²) in [5, 5.41) is 8.70. The molecule has 0 aromatic heterocycles. The molecule has 116 valence electrons. The van der Waals surface area contributed by atoms with Crippen molar-refractivity contribution in [1.82, 2.24) is 4.72 Å². The molecule has 5 nitrogen and oxygen atoms in total. The molecular weight excluding hydrogens is 295 g/mol. The number of nitriles is 1. The summed E-state index contributed by atoms with van der Waals surface area (Å²) in [5.74, 6) is -0.735. The summed E-state index contributed by atoms with van der Waals surface area (Å²) < 4.78 is 44.8. The number of rotatable bonds is 9. The van der Waals surface area contributed by atoms with Crippen LogP contribution in [0.25, 0.3) is 0 Å². The van der Waals surface area contributed by atoms with Crippen LogP contribution in [-0.4, -0.2) is 28.2 Å². The van der Waals surface area contributed by atoms with Gasteiger partial charge in [-0.3, -0.25) is 0 Å². The number of benzene rings is 1. The van der Waals surface area contributed by atoms with Crippen LogP contribution in [0, 0.1) is 17.1 Å². The first-order valence-electron chi connectivity index (χ1n) is 6.78. The molecule has 0 aliphatic heterocycles. The zero-order chi connectivity index (χ0) is 15.7. The molecule has 0 aliphatic carbocycles. The van der Waals surface area contributed by atoms with Gasteiger partial charge in [0.15, 0.2) is 0 Å². The van der Waals surface area contributed by atoms with Crippen molar-refractivity contribution in [2.75, 3.05) is 19.8 Å². The third-order valence-electron chi connectivity index (χ3n) is 2.77. The average Bonchev–Trinajstić information content (AvgIpc) is 2.46. The Labute approximate surface area is 124 Å². The van der Waals surface area contributed by atoms with Crippen molar-refractivity contribution in [3.8, 4) is 6.07 Å². The highest BCUT2D eigenvalue weighted by Crippen LogP contribution is 2.14. The lowest BCUT2D eigenvalue weighted by Gasteiger charge is -2.07. The van der Waals surface area contributed by atoms with E-state index in [0.717, 1.165) is 31.0 Å². The van der Waals surface area contributed by atoms with Gasteiger partial charge in [-0.05, 0) is 31.0 Å². The van der Waals surface area contributed by atoms with Crippen LogP contribution in [0.15, 0.2) is 23.1 Å². The molecule has 0 saturated heterocycles. The zero-order valence-corrected chi connectivity index (χ0v) is 12.7. The number of halogens is 1. The van der Waals surface area contributed by atoms with Crippen molar-refractivity contribution < 1.29 is 17.5 Å². The maximum atomic E-state index is 13.2. The van der Waals surface area contributed by atoms with Crippen LogP contribution < -0.4 is 4.72 Å². The van der Waals surface area contributed by atoms with Gasteiger partial charge in [0.1, 0.15) is 11.9 Å². The predicted octanol–water partition coefficient (Wildman–Crippen LogP) is 2.18. The van der Waals surface area contributed by atoms with Crippen molar-refractivity contribution in [1.29, 1.82) is 5.26 Å². The maximum Gasteiger partial charge on any atom is 0.240 e. The number of unbranched alkanes of at least 4 members (excludes halogenated alkanes) is 1. The quantitative estimate of drug-likeness (QED) is 0.709. The van der Waals surface area contributed by atoms with Gasteiger partial charge in [0.2, 0.25) is 10.0 Å². The Morgan fingerprint density at radius 2 is 2.05 bits per heavy atom. The number of nitrogens with zero attached hydrogens (tertiary/aromatic N) is 1. The zero-order valence-electron chi connectivity index (χ0n) is 11.9. The monoisotopic (exact) mass is 314 g/mol. The third kappa shape index (κ3) is 5.79. The summed E-state index contributed by atoms with van der Waals surface area (Å²) in [6.07, 6.45) is 2.59. The second-order valence-electron chi connectivity index (χ2n) is 4.47. The first kappa shape index (κ1) is 17.6. The Hall–Kier alpha value is -1.49. The van der Waals surface area contributed by atoms with E-state index in [1.807, 2.05) is 0 Å². The summed E-state index contributed by atoms with van der Waals surface area (Å²) in [6, 6.07) is 4.75. The molecule has 1 aromatic rings. The van der Waals surface area contributed by atoms with E-state index in [1.165, 1.54) is 0 Å². The highest BCUT2D eigenvalue weighted by Gasteiger charge is 2.15. The molecule has 0 fully saturated rings. The molecule has 0 spiro atoms. The fraction of sp³-hybridized carbons (Fsp3) is 0.500. The maximum absolute atomic E-state index is 13.2. The van der Waals surface area contributed by atoms with Crippen molar-refractivity contribution in [3.05, 3.63) is 29.6 Å². The van der Waals surface area contributed by atoms with Gasteiger partial charge in [0.05, 0.1) is 10.5 Å². The molecule has 0 amide bonds. The largest absolute Gasteiger partial charge is 0.381 e. The second kappa shape index (κ2) is 8.72. The van der Waals surface area contributed by atoms with Crippen molar-refractivity contribution in [2.45, 2.75) is 31.1 Å². The summed E-state index contributed by atoms with van der Waals surface area (Å²) in [5.41, 5.74) is -0.291. The van der Waals surface area contributed by atoms with Crippen LogP contribution in [0.2, 0.25) is 0 Å². The van der Waals surface area contributed by atoms with Gasteiger partial charge < -0.3 is 4.74 Å². The van der Waals surface area contributed by atoms with Crippen LogP contribution in [0.1, 0.15) is 31.7 Å². The van der Waals surface area contributed by atoms with E-state index in [-0.39, 0.29) is 17.0 Å². The summed E-state index contributed by atoms with van der Waals surface area (Å²) >= 11 is 0. The van der Waals surface area contributed by atoms with Crippen molar-refractivity contribution in [3.63, 3.8) is 0 Å². The van der Waals surface area contributed by atoms with Crippen LogP contribution in [0.4, 0.5) is 4.39 Å². The first-order chi connectivity index (χ1) is 10.0. The summed E-state index contributed by atoms with van der Waals surface area (Å²) in [6.45, 7) is 3.45. The van der Waals surface area contributed by atoms with Crippen LogP contribution in [0.5, 0.6) is 0 Å². The van der Waals surface area contributed by atoms with Gasteiger partial charge in [-0.25, -0.2) is 17.5 Å². The number of hydrogen-bond donors (Lipinski definition) is 1. The highest BCUT2D eigenvalue weighted by atomic mass is 32.2.